The summed E-state index contributed by atoms with van der Waals surface area (Å²) in [5.74, 6) is 1.23. The molecule has 0 aliphatic carbocycles. The number of amides is 1. The van der Waals surface area contributed by atoms with Gasteiger partial charge in [0.05, 0.1) is 19.1 Å². The molecule has 0 bridgehead atoms. The van der Waals surface area contributed by atoms with Crippen molar-refractivity contribution in [1.82, 2.24) is 5.32 Å². The van der Waals surface area contributed by atoms with Gasteiger partial charge in [-0.3, -0.25) is 4.79 Å². The van der Waals surface area contributed by atoms with Crippen molar-refractivity contribution in [3.8, 4) is 5.75 Å². The molecular formula is C15H18N2O3. The first kappa shape index (κ1) is 14.0. The van der Waals surface area contributed by atoms with E-state index in [1.54, 1.807) is 24.5 Å². The number of benzene rings is 1. The maximum atomic E-state index is 12.1. The van der Waals surface area contributed by atoms with Crippen LogP contribution < -0.4 is 15.8 Å². The van der Waals surface area contributed by atoms with Crippen LogP contribution in [0.2, 0.25) is 0 Å². The first-order valence-electron chi connectivity index (χ1n) is 6.37. The van der Waals surface area contributed by atoms with E-state index in [9.17, 15) is 4.79 Å². The number of methoxy groups -OCH3 is 1. The molecule has 2 aromatic rings. The predicted octanol–water partition coefficient (Wildman–Crippen LogP) is 2.23. The number of furan rings is 1. The van der Waals surface area contributed by atoms with Gasteiger partial charge in [-0.1, -0.05) is 0 Å². The van der Waals surface area contributed by atoms with Crippen LogP contribution in [0.1, 0.15) is 23.0 Å². The molecule has 3 N–H and O–H groups in total. The van der Waals surface area contributed by atoms with E-state index in [0.717, 1.165) is 5.76 Å². The summed E-state index contributed by atoms with van der Waals surface area (Å²) in [5.41, 5.74) is 6.74. The zero-order valence-electron chi connectivity index (χ0n) is 11.6. The second kappa shape index (κ2) is 6.14. The second-order valence-electron chi connectivity index (χ2n) is 4.61. The van der Waals surface area contributed by atoms with Gasteiger partial charge in [0.2, 0.25) is 0 Å². The lowest BCUT2D eigenvalue weighted by Gasteiger charge is -2.13. The quantitative estimate of drug-likeness (QED) is 0.820. The Balaban J connectivity index is 1.99. The number of nitrogens with two attached hydrogens (primary N) is 1. The Bertz CT molecular complexity index is 579. The number of hydrogen-bond acceptors (Lipinski definition) is 4. The van der Waals surface area contributed by atoms with Crippen LogP contribution in [0.25, 0.3) is 0 Å². The fourth-order valence-electron chi connectivity index (χ4n) is 1.96. The Kier molecular flexibility index (Phi) is 4.30. The summed E-state index contributed by atoms with van der Waals surface area (Å²) in [6.45, 7) is 1.92. The van der Waals surface area contributed by atoms with Crippen molar-refractivity contribution in [2.45, 2.75) is 19.4 Å². The molecule has 106 valence electrons. The molecule has 1 aromatic carbocycles. The van der Waals surface area contributed by atoms with Crippen LogP contribution in [-0.4, -0.2) is 19.1 Å². The van der Waals surface area contributed by atoms with E-state index in [2.05, 4.69) is 5.32 Å². The third-order valence-electron chi connectivity index (χ3n) is 2.96. The van der Waals surface area contributed by atoms with Crippen molar-refractivity contribution in [3.05, 3.63) is 47.9 Å². The van der Waals surface area contributed by atoms with E-state index in [0.29, 0.717) is 23.4 Å². The van der Waals surface area contributed by atoms with Crippen LogP contribution in [0.5, 0.6) is 5.75 Å². The number of ether oxygens (including phenoxy) is 1. The minimum absolute atomic E-state index is 0.0306. The summed E-state index contributed by atoms with van der Waals surface area (Å²) in [6.07, 6.45) is 2.26. The number of carbonyl (C=O) groups is 1. The minimum Gasteiger partial charge on any atom is -0.495 e. The van der Waals surface area contributed by atoms with Gasteiger partial charge in [-0.15, -0.1) is 0 Å². The van der Waals surface area contributed by atoms with Gasteiger partial charge in [0.1, 0.15) is 11.5 Å². The summed E-state index contributed by atoms with van der Waals surface area (Å²) in [4.78, 5) is 12.1. The molecule has 1 atom stereocenters. The molecule has 1 unspecified atom stereocenters. The molecule has 2 rings (SSSR count). The lowest BCUT2D eigenvalue weighted by atomic mass is 10.1. The number of anilines is 1. The maximum Gasteiger partial charge on any atom is 0.251 e. The van der Waals surface area contributed by atoms with Crippen LogP contribution in [0.15, 0.2) is 41.0 Å². The molecule has 0 fully saturated rings. The fourth-order valence-corrected chi connectivity index (χ4v) is 1.96. The van der Waals surface area contributed by atoms with E-state index in [1.165, 1.54) is 7.11 Å². The predicted molar refractivity (Wildman–Crippen MR) is 76.7 cm³/mol. The molecule has 5 nitrogen and oxygen atoms in total. The van der Waals surface area contributed by atoms with E-state index in [4.69, 9.17) is 14.9 Å². The average Bonchev–Trinajstić information content (AvgIpc) is 2.91. The van der Waals surface area contributed by atoms with Gasteiger partial charge >= 0.3 is 0 Å². The van der Waals surface area contributed by atoms with Gasteiger partial charge in [0.25, 0.3) is 5.91 Å². The molecule has 1 amide bonds. The summed E-state index contributed by atoms with van der Waals surface area (Å²) in [6, 6.07) is 8.65. The molecule has 0 aliphatic heterocycles. The highest BCUT2D eigenvalue weighted by Crippen LogP contribution is 2.21. The third kappa shape index (κ3) is 3.32. The Morgan fingerprint density at radius 1 is 1.45 bits per heavy atom. The van der Waals surface area contributed by atoms with Crippen molar-refractivity contribution in [2.24, 2.45) is 0 Å². The highest BCUT2D eigenvalue weighted by molar-refractivity contribution is 5.95. The standard InChI is InChI=1S/C15H18N2O3/c1-10(8-12-4-3-7-20-12)17-15(18)11-5-6-14(19-2)13(16)9-11/h3-7,9-10H,8,16H2,1-2H3,(H,17,18). The highest BCUT2D eigenvalue weighted by Gasteiger charge is 2.12. The van der Waals surface area contributed by atoms with Gasteiger partial charge < -0.3 is 20.2 Å². The second-order valence-corrected chi connectivity index (χ2v) is 4.61. The van der Waals surface area contributed by atoms with Crippen LogP contribution >= 0.6 is 0 Å². The topological polar surface area (TPSA) is 77.5 Å². The van der Waals surface area contributed by atoms with Crippen molar-refractivity contribution in [3.63, 3.8) is 0 Å². The third-order valence-corrected chi connectivity index (χ3v) is 2.96. The maximum absolute atomic E-state index is 12.1. The average molecular weight is 274 g/mol. The Morgan fingerprint density at radius 2 is 2.25 bits per heavy atom. The molecule has 1 aromatic heterocycles. The van der Waals surface area contributed by atoms with Crippen molar-refractivity contribution in [1.29, 1.82) is 0 Å². The minimum atomic E-state index is -0.168. The monoisotopic (exact) mass is 274 g/mol. The first-order valence-corrected chi connectivity index (χ1v) is 6.37. The normalized spacial score (nSPS) is 11.9. The Labute approximate surface area is 117 Å². The van der Waals surface area contributed by atoms with E-state index >= 15 is 0 Å². The van der Waals surface area contributed by atoms with E-state index < -0.39 is 0 Å². The number of nitrogens with one attached hydrogen (secondary N) is 1. The highest BCUT2D eigenvalue weighted by atomic mass is 16.5. The van der Waals surface area contributed by atoms with Crippen LogP contribution in [0.4, 0.5) is 5.69 Å². The zero-order chi connectivity index (χ0) is 14.5. The molecule has 0 aliphatic rings. The number of rotatable bonds is 5. The smallest absolute Gasteiger partial charge is 0.251 e. The summed E-state index contributed by atoms with van der Waals surface area (Å²) in [5, 5.41) is 2.90. The summed E-state index contributed by atoms with van der Waals surface area (Å²) >= 11 is 0. The number of hydrogen-bond donors (Lipinski definition) is 2. The summed E-state index contributed by atoms with van der Waals surface area (Å²) in [7, 11) is 1.54. The molecule has 0 saturated carbocycles. The molecule has 5 heteroatoms. The Morgan fingerprint density at radius 3 is 2.85 bits per heavy atom. The molecular weight excluding hydrogens is 256 g/mol. The van der Waals surface area contributed by atoms with Gasteiger partial charge in [-0.05, 0) is 37.3 Å². The Hall–Kier alpha value is -2.43. The van der Waals surface area contributed by atoms with Gasteiger partial charge in [-0.2, -0.15) is 0 Å². The van der Waals surface area contributed by atoms with Crippen LogP contribution in [0, 0.1) is 0 Å². The molecule has 1 heterocycles. The molecule has 0 radical (unpaired) electrons. The van der Waals surface area contributed by atoms with E-state index in [1.807, 2.05) is 19.1 Å². The largest absolute Gasteiger partial charge is 0.495 e. The number of nitrogen functional groups attached to an aromatic ring is 1. The zero-order valence-corrected chi connectivity index (χ0v) is 11.6. The van der Waals surface area contributed by atoms with Crippen molar-refractivity contribution < 1.29 is 13.9 Å². The van der Waals surface area contributed by atoms with Gasteiger partial charge in [0, 0.05) is 18.0 Å². The first-order chi connectivity index (χ1) is 9.60. The fraction of sp³-hybridized carbons (Fsp3) is 0.267. The van der Waals surface area contributed by atoms with Gasteiger partial charge in [0.15, 0.2) is 0 Å². The van der Waals surface area contributed by atoms with Gasteiger partial charge in [-0.25, -0.2) is 0 Å². The SMILES string of the molecule is COc1ccc(C(=O)NC(C)Cc2ccco2)cc1N. The van der Waals surface area contributed by atoms with Crippen LogP contribution in [0.3, 0.4) is 0 Å². The lowest BCUT2D eigenvalue weighted by molar-refractivity contribution is 0.0939. The molecule has 20 heavy (non-hydrogen) atoms. The van der Waals surface area contributed by atoms with E-state index in [-0.39, 0.29) is 11.9 Å². The lowest BCUT2D eigenvalue weighted by Crippen LogP contribution is -2.34. The summed E-state index contributed by atoms with van der Waals surface area (Å²) < 4.78 is 10.3. The van der Waals surface area contributed by atoms with Crippen molar-refractivity contribution in [2.75, 3.05) is 12.8 Å². The van der Waals surface area contributed by atoms with Crippen molar-refractivity contribution >= 4 is 11.6 Å². The number of carbonyl (C=O) groups excluding carboxylic acids is 1. The van der Waals surface area contributed by atoms with Crippen LogP contribution in [-0.2, 0) is 6.42 Å². The molecule has 0 saturated heterocycles. The molecule has 0 spiro atoms.